The standard InChI is InChI=1S/C20H17F3O4S/c1-25-17-4-3-15(21)20(23)14(17)9-27-19-6-13(16(22)7-18(19)26-2)11-5-12(8-24)28-10-11/h3-7,10,24H,8-9H2,1-2H3. The zero-order valence-electron chi connectivity index (χ0n) is 15.1. The third-order valence-corrected chi connectivity index (χ3v) is 5.04. The summed E-state index contributed by atoms with van der Waals surface area (Å²) in [5.74, 6) is -2.25. The molecule has 3 aromatic rings. The average molecular weight is 410 g/mol. The van der Waals surface area contributed by atoms with Crippen molar-refractivity contribution < 1.29 is 32.5 Å². The van der Waals surface area contributed by atoms with Gasteiger partial charge in [-0.2, -0.15) is 0 Å². The molecule has 1 heterocycles. The highest BCUT2D eigenvalue weighted by Crippen LogP contribution is 2.37. The van der Waals surface area contributed by atoms with E-state index in [4.69, 9.17) is 14.2 Å². The van der Waals surface area contributed by atoms with Gasteiger partial charge in [0.25, 0.3) is 0 Å². The van der Waals surface area contributed by atoms with Crippen molar-refractivity contribution in [2.45, 2.75) is 13.2 Å². The van der Waals surface area contributed by atoms with Gasteiger partial charge in [0.05, 0.1) is 26.4 Å². The van der Waals surface area contributed by atoms with Crippen LogP contribution in [0.25, 0.3) is 11.1 Å². The Balaban J connectivity index is 1.96. The van der Waals surface area contributed by atoms with Crippen molar-refractivity contribution in [2.24, 2.45) is 0 Å². The Morgan fingerprint density at radius 3 is 2.32 bits per heavy atom. The molecule has 1 N–H and O–H groups in total. The third-order valence-electron chi connectivity index (χ3n) is 4.12. The van der Waals surface area contributed by atoms with Crippen LogP contribution in [0, 0.1) is 17.5 Å². The molecule has 3 rings (SSSR count). The Hall–Kier alpha value is -2.71. The molecule has 0 spiro atoms. The van der Waals surface area contributed by atoms with E-state index >= 15 is 0 Å². The lowest BCUT2D eigenvalue weighted by Crippen LogP contribution is -2.05. The molecule has 0 bridgehead atoms. The number of hydrogen-bond donors (Lipinski definition) is 1. The zero-order valence-corrected chi connectivity index (χ0v) is 15.9. The molecular weight excluding hydrogens is 393 g/mol. The highest BCUT2D eigenvalue weighted by Gasteiger charge is 2.18. The van der Waals surface area contributed by atoms with Gasteiger partial charge in [0.2, 0.25) is 0 Å². The summed E-state index contributed by atoms with van der Waals surface area (Å²) in [6, 6.07) is 6.49. The Kier molecular flexibility index (Phi) is 6.11. The first kappa shape index (κ1) is 20.0. The second-order valence-electron chi connectivity index (χ2n) is 5.77. The molecule has 0 fully saturated rings. The topological polar surface area (TPSA) is 47.9 Å². The molecule has 0 aliphatic rings. The number of methoxy groups -OCH3 is 2. The van der Waals surface area contributed by atoms with Crippen molar-refractivity contribution in [2.75, 3.05) is 14.2 Å². The van der Waals surface area contributed by atoms with E-state index in [1.807, 2.05) is 0 Å². The van der Waals surface area contributed by atoms with E-state index in [1.165, 1.54) is 37.7 Å². The van der Waals surface area contributed by atoms with E-state index in [-0.39, 0.29) is 41.6 Å². The van der Waals surface area contributed by atoms with Crippen molar-refractivity contribution in [1.82, 2.24) is 0 Å². The van der Waals surface area contributed by atoms with Gasteiger partial charge >= 0.3 is 0 Å². The second kappa shape index (κ2) is 8.53. The van der Waals surface area contributed by atoms with Crippen molar-refractivity contribution in [3.63, 3.8) is 0 Å². The summed E-state index contributed by atoms with van der Waals surface area (Å²) < 4.78 is 58.0. The molecule has 0 saturated carbocycles. The van der Waals surface area contributed by atoms with Crippen LogP contribution in [-0.4, -0.2) is 19.3 Å². The lowest BCUT2D eigenvalue weighted by molar-refractivity contribution is 0.269. The maximum Gasteiger partial charge on any atom is 0.169 e. The quantitative estimate of drug-likeness (QED) is 0.601. The molecule has 0 aliphatic heterocycles. The van der Waals surface area contributed by atoms with E-state index in [0.29, 0.717) is 10.4 Å². The number of hydrogen-bond acceptors (Lipinski definition) is 5. The lowest BCUT2D eigenvalue weighted by Gasteiger charge is -2.15. The number of ether oxygens (including phenoxy) is 3. The van der Waals surface area contributed by atoms with Crippen LogP contribution < -0.4 is 14.2 Å². The van der Waals surface area contributed by atoms with Gasteiger partial charge in [-0.15, -0.1) is 11.3 Å². The van der Waals surface area contributed by atoms with Gasteiger partial charge in [-0.25, -0.2) is 13.2 Å². The van der Waals surface area contributed by atoms with Gasteiger partial charge in [0, 0.05) is 16.5 Å². The summed E-state index contributed by atoms with van der Waals surface area (Å²) in [7, 11) is 2.68. The Morgan fingerprint density at radius 1 is 0.929 bits per heavy atom. The maximum atomic E-state index is 14.5. The Labute approximate surface area is 163 Å². The summed E-state index contributed by atoms with van der Waals surface area (Å²) in [5.41, 5.74) is 0.695. The number of aliphatic hydroxyl groups is 1. The van der Waals surface area contributed by atoms with Gasteiger partial charge in [0.1, 0.15) is 18.2 Å². The van der Waals surface area contributed by atoms with E-state index in [1.54, 1.807) is 11.4 Å². The molecular formula is C20H17F3O4S. The molecule has 148 valence electrons. The fraction of sp³-hybridized carbons (Fsp3) is 0.200. The molecule has 0 saturated heterocycles. The van der Waals surface area contributed by atoms with E-state index in [2.05, 4.69) is 0 Å². The second-order valence-corrected chi connectivity index (χ2v) is 6.77. The number of aliphatic hydroxyl groups excluding tert-OH is 1. The van der Waals surface area contributed by atoms with Gasteiger partial charge in [-0.1, -0.05) is 0 Å². The first-order valence-electron chi connectivity index (χ1n) is 8.18. The van der Waals surface area contributed by atoms with Gasteiger partial charge in [-0.3, -0.25) is 0 Å². The zero-order chi connectivity index (χ0) is 20.3. The maximum absolute atomic E-state index is 14.5. The smallest absolute Gasteiger partial charge is 0.169 e. The monoisotopic (exact) mass is 410 g/mol. The molecule has 0 radical (unpaired) electrons. The predicted octanol–water partition coefficient (Wildman–Crippen LogP) is 4.92. The highest BCUT2D eigenvalue weighted by atomic mass is 32.1. The van der Waals surface area contributed by atoms with Crippen molar-refractivity contribution in [1.29, 1.82) is 0 Å². The first-order valence-corrected chi connectivity index (χ1v) is 9.06. The molecule has 0 amide bonds. The molecule has 8 heteroatoms. The molecule has 2 aromatic carbocycles. The fourth-order valence-corrected chi connectivity index (χ4v) is 3.43. The summed E-state index contributed by atoms with van der Waals surface area (Å²) in [6.07, 6.45) is 0. The van der Waals surface area contributed by atoms with Crippen LogP contribution in [0.2, 0.25) is 0 Å². The van der Waals surface area contributed by atoms with Gasteiger partial charge in [-0.05, 0) is 35.2 Å². The summed E-state index contributed by atoms with van der Waals surface area (Å²) in [5, 5.41) is 10.9. The van der Waals surface area contributed by atoms with Crippen molar-refractivity contribution >= 4 is 11.3 Å². The van der Waals surface area contributed by atoms with Crippen LogP contribution in [0.3, 0.4) is 0 Å². The highest BCUT2D eigenvalue weighted by molar-refractivity contribution is 7.10. The van der Waals surface area contributed by atoms with E-state index < -0.39 is 17.5 Å². The van der Waals surface area contributed by atoms with Crippen LogP contribution >= 0.6 is 11.3 Å². The SMILES string of the molecule is COc1cc(F)c(-c2csc(CO)c2)cc1OCc1c(OC)ccc(F)c1F. The van der Waals surface area contributed by atoms with Crippen LogP contribution in [0.15, 0.2) is 35.7 Å². The van der Waals surface area contributed by atoms with Crippen LogP contribution in [0.5, 0.6) is 17.2 Å². The molecule has 1 aromatic heterocycles. The molecule has 0 unspecified atom stereocenters. The predicted molar refractivity (Wildman–Crippen MR) is 99.4 cm³/mol. The van der Waals surface area contributed by atoms with Crippen molar-refractivity contribution in [3.05, 3.63) is 63.6 Å². The van der Waals surface area contributed by atoms with Crippen LogP contribution in [-0.2, 0) is 13.2 Å². The number of benzene rings is 2. The molecule has 4 nitrogen and oxygen atoms in total. The summed E-state index contributed by atoms with van der Waals surface area (Å²) >= 11 is 1.29. The third kappa shape index (κ3) is 3.93. The minimum Gasteiger partial charge on any atom is -0.496 e. The summed E-state index contributed by atoms with van der Waals surface area (Å²) in [4.78, 5) is 0.680. The fourth-order valence-electron chi connectivity index (χ4n) is 2.68. The largest absolute Gasteiger partial charge is 0.496 e. The minimum atomic E-state index is -1.08. The normalized spacial score (nSPS) is 10.8. The van der Waals surface area contributed by atoms with Crippen molar-refractivity contribution in [3.8, 4) is 28.4 Å². The molecule has 0 aliphatic carbocycles. The lowest BCUT2D eigenvalue weighted by atomic mass is 10.1. The number of rotatable bonds is 7. The minimum absolute atomic E-state index is 0.103. The van der Waals surface area contributed by atoms with Crippen LogP contribution in [0.4, 0.5) is 13.2 Å². The van der Waals surface area contributed by atoms with Gasteiger partial charge < -0.3 is 19.3 Å². The average Bonchev–Trinajstić information content (AvgIpc) is 3.18. The molecule has 0 atom stereocenters. The first-order chi connectivity index (χ1) is 13.5. The Morgan fingerprint density at radius 2 is 1.68 bits per heavy atom. The van der Waals surface area contributed by atoms with Crippen LogP contribution in [0.1, 0.15) is 10.4 Å². The van der Waals surface area contributed by atoms with E-state index in [0.717, 1.165) is 12.1 Å². The number of halogens is 3. The van der Waals surface area contributed by atoms with Gasteiger partial charge in [0.15, 0.2) is 23.1 Å². The summed E-state index contributed by atoms with van der Waals surface area (Å²) in [6.45, 7) is -0.496. The number of thiophene rings is 1. The van der Waals surface area contributed by atoms with E-state index in [9.17, 15) is 18.3 Å². The Bertz CT molecular complexity index is 988. The molecule has 28 heavy (non-hydrogen) atoms.